The first-order valence-electron chi connectivity index (χ1n) is 9.46. The predicted molar refractivity (Wildman–Crippen MR) is 109 cm³/mol. The van der Waals surface area contributed by atoms with Gasteiger partial charge in [0.15, 0.2) is 11.5 Å². The molecule has 6 nitrogen and oxygen atoms in total. The van der Waals surface area contributed by atoms with E-state index in [0.717, 1.165) is 33.9 Å². The Labute approximate surface area is 169 Å². The topological polar surface area (TPSA) is 79.8 Å². The third-order valence-corrected chi connectivity index (χ3v) is 4.85. The lowest BCUT2D eigenvalue weighted by Crippen LogP contribution is -2.27. The van der Waals surface area contributed by atoms with E-state index >= 15 is 0 Å². The van der Waals surface area contributed by atoms with Crippen molar-refractivity contribution in [3.8, 4) is 11.5 Å². The molecule has 0 fully saturated rings. The van der Waals surface area contributed by atoms with Crippen molar-refractivity contribution in [2.75, 3.05) is 18.5 Å². The summed E-state index contributed by atoms with van der Waals surface area (Å²) in [7, 11) is 0. The Hall–Kier alpha value is -3.51. The maximum atomic E-state index is 12.2. The average molecular weight is 390 g/mol. The van der Waals surface area contributed by atoms with E-state index in [1.807, 2.05) is 72.8 Å². The van der Waals surface area contributed by atoms with E-state index in [0.29, 0.717) is 19.8 Å². The summed E-state index contributed by atoms with van der Waals surface area (Å²) in [6, 6.07) is 22.9. The molecule has 0 saturated heterocycles. The second kappa shape index (κ2) is 8.67. The zero-order valence-corrected chi connectivity index (χ0v) is 15.8. The summed E-state index contributed by atoms with van der Waals surface area (Å²) < 4.78 is 11.2. The second-order valence-corrected chi connectivity index (χ2v) is 6.77. The Bertz CT molecular complexity index is 974. The molecule has 1 aliphatic rings. The van der Waals surface area contributed by atoms with Crippen molar-refractivity contribution in [2.45, 2.75) is 12.5 Å². The van der Waals surface area contributed by atoms with Crippen molar-refractivity contribution in [1.29, 1.82) is 0 Å². The fraction of sp³-hybridized carbons (Fsp3) is 0.174. The van der Waals surface area contributed by atoms with Crippen LogP contribution < -0.4 is 20.3 Å². The van der Waals surface area contributed by atoms with Gasteiger partial charge in [-0.3, -0.25) is 10.0 Å². The number of hydrogen-bond acceptors (Lipinski definition) is 5. The van der Waals surface area contributed by atoms with Crippen molar-refractivity contribution in [2.24, 2.45) is 0 Å². The Morgan fingerprint density at radius 3 is 2.31 bits per heavy atom. The molecule has 0 aromatic heterocycles. The van der Waals surface area contributed by atoms with Crippen molar-refractivity contribution < 1.29 is 19.5 Å². The number of ether oxygens (including phenoxy) is 2. The van der Waals surface area contributed by atoms with Crippen LogP contribution in [0.4, 0.5) is 5.69 Å². The molecule has 0 bridgehead atoms. The molecule has 3 N–H and O–H groups in total. The summed E-state index contributed by atoms with van der Waals surface area (Å²) in [4.78, 5) is 12.2. The van der Waals surface area contributed by atoms with Crippen LogP contribution in [0.2, 0.25) is 0 Å². The zero-order valence-electron chi connectivity index (χ0n) is 15.8. The van der Waals surface area contributed by atoms with Crippen LogP contribution in [0.1, 0.15) is 22.6 Å². The molecule has 4 rings (SSSR count). The highest BCUT2D eigenvalue weighted by atomic mass is 16.6. The third kappa shape index (κ3) is 4.33. The van der Waals surface area contributed by atoms with Crippen LogP contribution in [0.5, 0.6) is 11.5 Å². The summed E-state index contributed by atoms with van der Waals surface area (Å²) >= 11 is 0. The monoisotopic (exact) mass is 390 g/mol. The summed E-state index contributed by atoms with van der Waals surface area (Å²) in [5, 5.41) is 12.5. The Morgan fingerprint density at radius 1 is 0.897 bits per heavy atom. The van der Waals surface area contributed by atoms with Crippen LogP contribution >= 0.6 is 0 Å². The first-order chi connectivity index (χ1) is 14.2. The van der Waals surface area contributed by atoms with E-state index in [1.165, 1.54) is 0 Å². The zero-order chi connectivity index (χ0) is 20.1. The Balaban J connectivity index is 1.46. The van der Waals surface area contributed by atoms with Crippen LogP contribution in [0.3, 0.4) is 0 Å². The molecule has 1 aliphatic heterocycles. The van der Waals surface area contributed by atoms with E-state index in [9.17, 15) is 4.79 Å². The highest BCUT2D eigenvalue weighted by molar-refractivity contribution is 5.86. The van der Waals surface area contributed by atoms with Gasteiger partial charge in [0, 0.05) is 12.2 Å². The summed E-state index contributed by atoms with van der Waals surface area (Å²) in [5.41, 5.74) is 5.40. The lowest BCUT2D eigenvalue weighted by atomic mass is 9.90. The van der Waals surface area contributed by atoms with E-state index in [1.54, 1.807) is 5.48 Å². The van der Waals surface area contributed by atoms with E-state index in [-0.39, 0.29) is 0 Å². The highest BCUT2D eigenvalue weighted by Crippen LogP contribution is 2.31. The summed E-state index contributed by atoms with van der Waals surface area (Å²) in [5.74, 6) is 0.506. The fourth-order valence-corrected chi connectivity index (χ4v) is 3.40. The molecule has 3 aromatic carbocycles. The van der Waals surface area contributed by atoms with Gasteiger partial charge in [-0.1, -0.05) is 48.5 Å². The summed E-state index contributed by atoms with van der Waals surface area (Å²) in [6.45, 7) is 1.78. The molecule has 1 amide bonds. The first kappa shape index (κ1) is 18.8. The van der Waals surface area contributed by atoms with Gasteiger partial charge in [-0.15, -0.1) is 0 Å². The average Bonchev–Trinajstić information content (AvgIpc) is 2.79. The minimum Gasteiger partial charge on any atom is -0.486 e. The minimum absolute atomic E-state index is 0.465. The van der Waals surface area contributed by atoms with Crippen LogP contribution in [0, 0.1) is 0 Å². The molecular weight excluding hydrogens is 368 g/mol. The molecule has 0 saturated carbocycles. The number of hydroxylamine groups is 1. The highest BCUT2D eigenvalue weighted by Gasteiger charge is 2.22. The number of amides is 1. The van der Waals surface area contributed by atoms with Crippen molar-refractivity contribution in [3.05, 3.63) is 89.5 Å². The Kier molecular flexibility index (Phi) is 5.63. The van der Waals surface area contributed by atoms with Crippen LogP contribution in [0.25, 0.3) is 0 Å². The number of benzene rings is 3. The summed E-state index contributed by atoms with van der Waals surface area (Å²) in [6.07, 6.45) is 0. The smallest absolute Gasteiger partial charge is 0.255 e. The van der Waals surface area contributed by atoms with Crippen molar-refractivity contribution in [3.63, 3.8) is 0 Å². The molecule has 0 aliphatic carbocycles. The van der Waals surface area contributed by atoms with E-state index in [2.05, 4.69) is 5.32 Å². The van der Waals surface area contributed by atoms with E-state index in [4.69, 9.17) is 14.7 Å². The lowest BCUT2D eigenvalue weighted by Gasteiger charge is -2.19. The normalized spacial score (nSPS) is 13.4. The molecule has 1 heterocycles. The van der Waals surface area contributed by atoms with Gasteiger partial charge >= 0.3 is 0 Å². The van der Waals surface area contributed by atoms with Gasteiger partial charge in [-0.25, -0.2) is 5.48 Å². The van der Waals surface area contributed by atoms with Gasteiger partial charge in [-0.2, -0.15) is 0 Å². The fourth-order valence-electron chi connectivity index (χ4n) is 3.40. The number of carbonyl (C=O) groups excluding carboxylic acids is 1. The largest absolute Gasteiger partial charge is 0.486 e. The predicted octanol–water partition coefficient (Wildman–Crippen LogP) is 3.71. The quantitative estimate of drug-likeness (QED) is 0.442. The molecule has 6 heteroatoms. The number of carbonyl (C=O) groups is 1. The number of anilines is 1. The number of rotatable bonds is 6. The standard InChI is InChI=1S/C23H22N2O4/c26-23(25-27)22(17-4-2-1-3-5-17)18-7-9-19(10-8-18)24-15-16-6-11-20-21(14-16)29-13-12-28-20/h1-11,14,22,24,27H,12-13,15H2,(H,25,26). The molecule has 29 heavy (non-hydrogen) atoms. The maximum absolute atomic E-state index is 12.2. The Morgan fingerprint density at radius 2 is 1.59 bits per heavy atom. The number of fused-ring (bicyclic) bond motifs is 1. The van der Waals surface area contributed by atoms with Gasteiger partial charge in [0.2, 0.25) is 0 Å². The van der Waals surface area contributed by atoms with Gasteiger partial charge in [0.05, 0.1) is 5.92 Å². The molecule has 0 radical (unpaired) electrons. The maximum Gasteiger partial charge on any atom is 0.255 e. The number of nitrogens with one attached hydrogen (secondary N) is 2. The van der Waals surface area contributed by atoms with Gasteiger partial charge < -0.3 is 14.8 Å². The first-order valence-corrected chi connectivity index (χ1v) is 9.46. The SMILES string of the molecule is O=C(NO)C(c1ccccc1)c1ccc(NCc2ccc3c(c2)OCCO3)cc1. The molecule has 0 spiro atoms. The van der Waals surface area contributed by atoms with Crippen LogP contribution in [0.15, 0.2) is 72.8 Å². The molecule has 1 atom stereocenters. The molecular formula is C23H22N2O4. The van der Waals surface area contributed by atoms with Gasteiger partial charge in [-0.05, 0) is 41.0 Å². The van der Waals surface area contributed by atoms with Gasteiger partial charge in [0.1, 0.15) is 13.2 Å². The van der Waals surface area contributed by atoms with E-state index < -0.39 is 11.8 Å². The van der Waals surface area contributed by atoms with Crippen molar-refractivity contribution >= 4 is 11.6 Å². The van der Waals surface area contributed by atoms with Crippen molar-refractivity contribution in [1.82, 2.24) is 5.48 Å². The van der Waals surface area contributed by atoms with Crippen LogP contribution in [-0.2, 0) is 11.3 Å². The third-order valence-electron chi connectivity index (χ3n) is 4.85. The second-order valence-electron chi connectivity index (χ2n) is 6.77. The molecule has 148 valence electrons. The number of hydrogen-bond donors (Lipinski definition) is 3. The molecule has 3 aromatic rings. The van der Waals surface area contributed by atoms with Gasteiger partial charge in [0.25, 0.3) is 5.91 Å². The molecule has 1 unspecified atom stereocenters. The minimum atomic E-state index is -0.576. The van der Waals surface area contributed by atoms with Crippen LogP contribution in [-0.4, -0.2) is 24.3 Å². The lowest BCUT2D eigenvalue weighted by molar-refractivity contribution is -0.129.